The number of hydrogen-bond donors (Lipinski definition) is 2. The van der Waals surface area contributed by atoms with Crippen LogP contribution in [0.5, 0.6) is 0 Å². The molecule has 9 heteroatoms. The first-order valence-corrected chi connectivity index (χ1v) is 7.57. The zero-order chi connectivity index (χ0) is 15.3. The van der Waals surface area contributed by atoms with E-state index in [-0.39, 0.29) is 22.8 Å². The highest BCUT2D eigenvalue weighted by atomic mass is 32.2. The molecule has 0 amide bonds. The molecule has 1 aromatic rings. The molecule has 0 aliphatic heterocycles. The van der Waals surface area contributed by atoms with Gasteiger partial charge in [-0.25, -0.2) is 12.8 Å². The molecule has 0 aliphatic carbocycles. The van der Waals surface area contributed by atoms with Crippen molar-refractivity contribution in [2.45, 2.75) is 6.92 Å². The summed E-state index contributed by atoms with van der Waals surface area (Å²) in [6.07, 6.45) is 0. The smallest absolute Gasteiger partial charge is 0.323 e. The lowest BCUT2D eigenvalue weighted by atomic mass is 10.2. The van der Waals surface area contributed by atoms with E-state index >= 15 is 0 Å². The lowest BCUT2D eigenvalue weighted by Gasteiger charge is -2.12. The highest BCUT2D eigenvalue weighted by Crippen LogP contribution is 2.20. The summed E-state index contributed by atoms with van der Waals surface area (Å²) in [6, 6.07) is 3.68. The van der Waals surface area contributed by atoms with Crippen LogP contribution in [-0.2, 0) is 19.6 Å². The number of anilines is 1. The number of rotatable bonds is 6. The molecule has 0 bridgehead atoms. The maximum atomic E-state index is 13.6. The molecule has 0 aromatic heterocycles. The Bertz CT molecular complexity index is 631. The number of thiocarbonyl (C=S) groups is 1. The van der Waals surface area contributed by atoms with Crippen LogP contribution in [0.25, 0.3) is 0 Å². The monoisotopic (exact) mass is 320 g/mol. The van der Waals surface area contributed by atoms with Crippen molar-refractivity contribution in [3.05, 3.63) is 29.6 Å². The predicted molar refractivity (Wildman–Crippen MR) is 76.3 cm³/mol. The van der Waals surface area contributed by atoms with Gasteiger partial charge in [-0.2, -0.15) is 0 Å². The zero-order valence-corrected chi connectivity index (χ0v) is 12.2. The fourth-order valence-electron chi connectivity index (χ4n) is 1.42. The van der Waals surface area contributed by atoms with Crippen LogP contribution in [0, 0.1) is 5.82 Å². The number of carbonyl (C=O) groups is 1. The maximum Gasteiger partial charge on any atom is 0.323 e. The van der Waals surface area contributed by atoms with E-state index in [4.69, 9.17) is 5.73 Å². The molecule has 0 saturated carbocycles. The Morgan fingerprint density at radius 3 is 2.70 bits per heavy atom. The molecule has 0 atom stereocenters. The van der Waals surface area contributed by atoms with Crippen LogP contribution in [0.4, 0.5) is 10.1 Å². The Kier molecular flexibility index (Phi) is 5.40. The van der Waals surface area contributed by atoms with Crippen molar-refractivity contribution in [3.63, 3.8) is 0 Å². The van der Waals surface area contributed by atoms with Gasteiger partial charge in [0.15, 0.2) is 5.75 Å². The van der Waals surface area contributed by atoms with E-state index < -0.39 is 27.6 Å². The van der Waals surface area contributed by atoms with Gasteiger partial charge >= 0.3 is 5.97 Å². The van der Waals surface area contributed by atoms with Crippen LogP contribution in [0.2, 0.25) is 0 Å². The van der Waals surface area contributed by atoms with Crippen LogP contribution >= 0.6 is 12.2 Å². The SMILES string of the molecule is CCOC(=O)CS(=O)(=O)Nc1cccc(F)c1C(N)=S. The molecule has 0 spiro atoms. The number of sulfonamides is 1. The summed E-state index contributed by atoms with van der Waals surface area (Å²) in [5.74, 6) is -2.55. The second-order valence-corrected chi connectivity index (χ2v) is 5.85. The van der Waals surface area contributed by atoms with Crippen LogP contribution in [0.3, 0.4) is 0 Å². The highest BCUT2D eigenvalue weighted by molar-refractivity contribution is 7.93. The zero-order valence-electron chi connectivity index (χ0n) is 10.6. The van der Waals surface area contributed by atoms with Crippen molar-refractivity contribution in [2.24, 2.45) is 5.73 Å². The molecular formula is C11H13FN2O4S2. The summed E-state index contributed by atoms with van der Waals surface area (Å²) in [5, 5.41) is 0. The van der Waals surface area contributed by atoms with Gasteiger partial charge in [-0.15, -0.1) is 0 Å². The molecule has 110 valence electrons. The van der Waals surface area contributed by atoms with E-state index in [0.29, 0.717) is 0 Å². The number of ether oxygens (including phenoxy) is 1. The molecule has 1 rings (SSSR count). The summed E-state index contributed by atoms with van der Waals surface area (Å²) in [7, 11) is -4.04. The summed E-state index contributed by atoms with van der Waals surface area (Å²) < 4.78 is 43.7. The van der Waals surface area contributed by atoms with Crippen LogP contribution in [0.1, 0.15) is 12.5 Å². The number of hydrogen-bond acceptors (Lipinski definition) is 5. The maximum absolute atomic E-state index is 13.6. The van der Waals surface area contributed by atoms with Gasteiger partial charge in [0.25, 0.3) is 0 Å². The summed E-state index contributed by atoms with van der Waals surface area (Å²) in [5.41, 5.74) is 5.00. The molecule has 0 fully saturated rings. The molecule has 0 saturated heterocycles. The quantitative estimate of drug-likeness (QED) is 0.593. The number of benzene rings is 1. The molecule has 20 heavy (non-hydrogen) atoms. The molecule has 0 radical (unpaired) electrons. The van der Waals surface area contributed by atoms with Crippen molar-refractivity contribution >= 4 is 38.9 Å². The summed E-state index contributed by atoms with van der Waals surface area (Å²) in [4.78, 5) is 10.9. The van der Waals surface area contributed by atoms with E-state index in [9.17, 15) is 17.6 Å². The van der Waals surface area contributed by atoms with Gasteiger partial charge in [0.1, 0.15) is 10.8 Å². The molecule has 6 nitrogen and oxygen atoms in total. The summed E-state index contributed by atoms with van der Waals surface area (Å²) in [6.45, 7) is 1.61. The largest absolute Gasteiger partial charge is 0.465 e. The van der Waals surface area contributed by atoms with E-state index in [0.717, 1.165) is 6.07 Å². The summed E-state index contributed by atoms with van der Waals surface area (Å²) >= 11 is 4.67. The second kappa shape index (κ2) is 6.62. The molecule has 3 N–H and O–H groups in total. The molecular weight excluding hydrogens is 307 g/mol. The van der Waals surface area contributed by atoms with E-state index in [1.165, 1.54) is 12.1 Å². The lowest BCUT2D eigenvalue weighted by molar-refractivity contribution is -0.139. The third kappa shape index (κ3) is 4.42. The average molecular weight is 320 g/mol. The Labute approximate surface area is 121 Å². The Morgan fingerprint density at radius 2 is 2.15 bits per heavy atom. The van der Waals surface area contributed by atoms with Gasteiger partial charge in [-0.05, 0) is 19.1 Å². The first kappa shape index (κ1) is 16.3. The van der Waals surface area contributed by atoms with Crippen molar-refractivity contribution in [2.75, 3.05) is 17.1 Å². The van der Waals surface area contributed by atoms with Gasteiger partial charge in [0.05, 0.1) is 17.9 Å². The fourth-order valence-corrected chi connectivity index (χ4v) is 2.60. The van der Waals surface area contributed by atoms with Gasteiger partial charge in [-0.1, -0.05) is 18.3 Å². The van der Waals surface area contributed by atoms with Crippen LogP contribution < -0.4 is 10.5 Å². The number of nitrogens with two attached hydrogens (primary N) is 1. The van der Waals surface area contributed by atoms with Crippen LogP contribution in [-0.4, -0.2) is 31.7 Å². The van der Waals surface area contributed by atoms with Gasteiger partial charge in [0, 0.05) is 0 Å². The van der Waals surface area contributed by atoms with Gasteiger partial charge in [-0.3, -0.25) is 9.52 Å². The average Bonchev–Trinajstić information content (AvgIpc) is 2.26. The Hall–Kier alpha value is -1.74. The van der Waals surface area contributed by atoms with Crippen molar-refractivity contribution < 1.29 is 22.3 Å². The third-order valence-electron chi connectivity index (χ3n) is 2.14. The minimum absolute atomic E-state index is 0.0620. The second-order valence-electron chi connectivity index (χ2n) is 3.69. The van der Waals surface area contributed by atoms with Gasteiger partial charge in [0.2, 0.25) is 10.0 Å². The fraction of sp³-hybridized carbons (Fsp3) is 0.273. The van der Waals surface area contributed by atoms with Crippen molar-refractivity contribution in [1.29, 1.82) is 0 Å². The Balaban J connectivity index is 3.01. The highest BCUT2D eigenvalue weighted by Gasteiger charge is 2.20. The molecule has 1 aromatic carbocycles. The first-order valence-electron chi connectivity index (χ1n) is 5.51. The minimum atomic E-state index is -4.04. The standard InChI is InChI=1S/C11H13FN2O4S2/c1-2-18-9(15)6-20(16,17)14-8-5-3-4-7(12)10(8)11(13)19/h3-5,14H,2,6H2,1H3,(H2,13,19). The van der Waals surface area contributed by atoms with E-state index in [1.54, 1.807) is 6.92 Å². The van der Waals surface area contributed by atoms with Crippen LogP contribution in [0.15, 0.2) is 18.2 Å². The Morgan fingerprint density at radius 1 is 1.50 bits per heavy atom. The number of nitrogens with one attached hydrogen (secondary N) is 1. The topological polar surface area (TPSA) is 98.5 Å². The van der Waals surface area contributed by atoms with Gasteiger partial charge < -0.3 is 10.5 Å². The van der Waals surface area contributed by atoms with Crippen molar-refractivity contribution in [3.8, 4) is 0 Å². The normalized spacial score (nSPS) is 10.9. The predicted octanol–water partition coefficient (Wildman–Crippen LogP) is 0.765. The lowest BCUT2D eigenvalue weighted by Crippen LogP contribution is -2.26. The molecule has 0 aliphatic rings. The van der Waals surface area contributed by atoms with E-state index in [2.05, 4.69) is 21.7 Å². The van der Waals surface area contributed by atoms with Crippen molar-refractivity contribution in [1.82, 2.24) is 0 Å². The third-order valence-corrected chi connectivity index (χ3v) is 3.49. The number of carbonyl (C=O) groups excluding carboxylic acids is 1. The minimum Gasteiger partial charge on any atom is -0.465 e. The number of halogens is 1. The molecule has 0 unspecified atom stereocenters. The molecule has 0 heterocycles. The number of esters is 1. The first-order chi connectivity index (χ1) is 9.26. The van der Waals surface area contributed by atoms with E-state index in [1.807, 2.05) is 0 Å².